The molecule has 0 aliphatic carbocycles. The molecule has 0 aliphatic heterocycles. The minimum atomic E-state index is -0.216. The minimum Gasteiger partial charge on any atom is -0.338 e. The summed E-state index contributed by atoms with van der Waals surface area (Å²) < 4.78 is 0.744. The first kappa shape index (κ1) is 9.98. The van der Waals surface area contributed by atoms with Crippen LogP contribution in [0, 0.1) is 0 Å². The molecule has 0 saturated carbocycles. The molecule has 0 atom stereocenters. The number of nitrogens with one attached hydrogen (secondary N) is 2. The number of carbonyl (C=O) groups is 1. The zero-order valence-corrected chi connectivity index (χ0v) is 8.76. The second-order valence-electron chi connectivity index (χ2n) is 2.35. The first-order valence-corrected chi connectivity index (χ1v) is 4.68. The summed E-state index contributed by atoms with van der Waals surface area (Å²) in [5.74, 6) is 0. The van der Waals surface area contributed by atoms with E-state index in [2.05, 4.69) is 31.5 Å². The van der Waals surface area contributed by atoms with Gasteiger partial charge < -0.3 is 10.6 Å². The Kier molecular flexibility index (Phi) is 3.70. The lowest BCUT2D eigenvalue weighted by Gasteiger charge is -2.04. The molecule has 0 aliphatic rings. The zero-order valence-electron chi connectivity index (χ0n) is 7.17. The number of carbonyl (C=O) groups excluding carboxylic acids is 1. The molecule has 1 heterocycles. The van der Waals surface area contributed by atoms with Crippen molar-refractivity contribution in [1.29, 1.82) is 0 Å². The van der Waals surface area contributed by atoms with E-state index >= 15 is 0 Å². The number of urea groups is 1. The molecule has 5 heteroatoms. The summed E-state index contributed by atoms with van der Waals surface area (Å²) in [6.45, 7) is 2.47. The van der Waals surface area contributed by atoms with Gasteiger partial charge in [0.1, 0.15) is 4.60 Å². The van der Waals surface area contributed by atoms with Gasteiger partial charge in [0.05, 0.1) is 11.9 Å². The molecule has 1 aromatic heterocycles. The van der Waals surface area contributed by atoms with Crippen LogP contribution in [0.1, 0.15) is 6.92 Å². The molecule has 0 bridgehead atoms. The van der Waals surface area contributed by atoms with Crippen molar-refractivity contribution in [2.24, 2.45) is 0 Å². The van der Waals surface area contributed by atoms with Crippen molar-refractivity contribution in [1.82, 2.24) is 10.3 Å². The number of rotatable bonds is 2. The van der Waals surface area contributed by atoms with Gasteiger partial charge in [0.15, 0.2) is 0 Å². The number of pyridine rings is 1. The summed E-state index contributed by atoms with van der Waals surface area (Å²) in [4.78, 5) is 15.0. The number of halogens is 1. The van der Waals surface area contributed by atoms with E-state index in [4.69, 9.17) is 0 Å². The van der Waals surface area contributed by atoms with Gasteiger partial charge in [-0.1, -0.05) is 0 Å². The highest BCUT2D eigenvalue weighted by Gasteiger charge is 1.98. The maximum absolute atomic E-state index is 11.0. The number of nitrogens with zero attached hydrogens (tertiary/aromatic N) is 1. The van der Waals surface area contributed by atoms with E-state index in [0.717, 1.165) is 4.60 Å². The van der Waals surface area contributed by atoms with Crippen molar-refractivity contribution in [2.75, 3.05) is 11.9 Å². The van der Waals surface area contributed by atoms with Crippen molar-refractivity contribution in [3.63, 3.8) is 0 Å². The average molecular weight is 244 g/mol. The van der Waals surface area contributed by atoms with Gasteiger partial charge >= 0.3 is 6.03 Å². The van der Waals surface area contributed by atoms with E-state index in [0.29, 0.717) is 12.2 Å². The molecule has 2 amide bonds. The van der Waals surface area contributed by atoms with Gasteiger partial charge in [-0.05, 0) is 35.0 Å². The van der Waals surface area contributed by atoms with Gasteiger partial charge in [0, 0.05) is 6.54 Å². The van der Waals surface area contributed by atoms with E-state index in [9.17, 15) is 4.79 Å². The number of hydrogen-bond donors (Lipinski definition) is 2. The third-order valence-electron chi connectivity index (χ3n) is 1.32. The Morgan fingerprint density at radius 2 is 2.38 bits per heavy atom. The second-order valence-corrected chi connectivity index (χ2v) is 3.17. The Hall–Kier alpha value is -1.10. The molecular formula is C8H10BrN3O. The van der Waals surface area contributed by atoms with Gasteiger partial charge in [-0.25, -0.2) is 9.78 Å². The highest BCUT2D eigenvalue weighted by atomic mass is 79.9. The molecule has 70 valence electrons. The van der Waals surface area contributed by atoms with Crippen molar-refractivity contribution in [3.8, 4) is 0 Å². The summed E-state index contributed by atoms with van der Waals surface area (Å²) in [6, 6.07) is 3.32. The zero-order chi connectivity index (χ0) is 9.68. The van der Waals surface area contributed by atoms with Crippen LogP contribution in [0.2, 0.25) is 0 Å². The predicted octanol–water partition coefficient (Wildman–Crippen LogP) is 1.99. The first-order chi connectivity index (χ1) is 6.22. The SMILES string of the molecule is CCNC(=O)Nc1ccc(Br)nc1. The van der Waals surface area contributed by atoms with Gasteiger partial charge in [0.25, 0.3) is 0 Å². The highest BCUT2D eigenvalue weighted by molar-refractivity contribution is 9.10. The van der Waals surface area contributed by atoms with Crippen LogP contribution in [-0.2, 0) is 0 Å². The minimum absolute atomic E-state index is 0.216. The summed E-state index contributed by atoms with van der Waals surface area (Å²) >= 11 is 3.20. The molecule has 0 spiro atoms. The fraction of sp³-hybridized carbons (Fsp3) is 0.250. The highest BCUT2D eigenvalue weighted by Crippen LogP contribution is 2.09. The first-order valence-electron chi connectivity index (χ1n) is 3.88. The number of aromatic nitrogens is 1. The average Bonchev–Trinajstić information content (AvgIpc) is 2.09. The van der Waals surface area contributed by atoms with E-state index in [1.54, 1.807) is 18.3 Å². The largest absolute Gasteiger partial charge is 0.338 e. The Morgan fingerprint density at radius 3 is 2.92 bits per heavy atom. The smallest absolute Gasteiger partial charge is 0.319 e. The fourth-order valence-corrected chi connectivity index (χ4v) is 1.02. The molecule has 1 rings (SSSR count). The summed E-state index contributed by atoms with van der Waals surface area (Å²) in [5, 5.41) is 5.26. The lowest BCUT2D eigenvalue weighted by molar-refractivity contribution is 0.252. The third-order valence-corrected chi connectivity index (χ3v) is 1.79. The topological polar surface area (TPSA) is 54.0 Å². The maximum atomic E-state index is 11.0. The lowest BCUT2D eigenvalue weighted by Crippen LogP contribution is -2.28. The number of hydrogen-bond acceptors (Lipinski definition) is 2. The monoisotopic (exact) mass is 243 g/mol. The van der Waals surface area contributed by atoms with Crippen molar-refractivity contribution >= 4 is 27.6 Å². The van der Waals surface area contributed by atoms with E-state index in [1.165, 1.54) is 0 Å². The molecule has 0 aromatic carbocycles. The van der Waals surface area contributed by atoms with Crippen LogP contribution in [0.25, 0.3) is 0 Å². The van der Waals surface area contributed by atoms with Crippen LogP contribution in [0.5, 0.6) is 0 Å². The van der Waals surface area contributed by atoms with Crippen LogP contribution >= 0.6 is 15.9 Å². The number of anilines is 1. The van der Waals surface area contributed by atoms with Crippen molar-refractivity contribution in [3.05, 3.63) is 22.9 Å². The van der Waals surface area contributed by atoms with Crippen LogP contribution in [-0.4, -0.2) is 17.6 Å². The van der Waals surface area contributed by atoms with Crippen molar-refractivity contribution < 1.29 is 4.79 Å². The normalized spacial score (nSPS) is 9.38. The summed E-state index contributed by atoms with van der Waals surface area (Å²) in [6.07, 6.45) is 1.58. The Morgan fingerprint density at radius 1 is 1.62 bits per heavy atom. The summed E-state index contributed by atoms with van der Waals surface area (Å²) in [5.41, 5.74) is 0.675. The van der Waals surface area contributed by atoms with Gasteiger partial charge in [0.2, 0.25) is 0 Å². The Labute approximate surface area is 84.9 Å². The fourth-order valence-electron chi connectivity index (χ4n) is 0.786. The van der Waals surface area contributed by atoms with E-state index in [1.807, 2.05) is 6.92 Å². The molecule has 0 radical (unpaired) electrons. The molecule has 13 heavy (non-hydrogen) atoms. The quantitative estimate of drug-likeness (QED) is 0.781. The Balaban J connectivity index is 2.54. The van der Waals surface area contributed by atoms with Gasteiger partial charge in [-0.2, -0.15) is 0 Å². The number of amides is 2. The molecule has 4 nitrogen and oxygen atoms in total. The van der Waals surface area contributed by atoms with Crippen LogP contribution < -0.4 is 10.6 Å². The Bertz CT molecular complexity index is 286. The predicted molar refractivity (Wildman–Crippen MR) is 54.6 cm³/mol. The molecule has 1 aromatic rings. The standard InChI is InChI=1S/C8H10BrN3O/c1-2-10-8(13)12-6-3-4-7(9)11-5-6/h3-5H,2H2,1H3,(H2,10,12,13). The van der Waals surface area contributed by atoms with E-state index in [-0.39, 0.29) is 6.03 Å². The molecule has 2 N–H and O–H groups in total. The van der Waals surface area contributed by atoms with Crippen LogP contribution in [0.4, 0.5) is 10.5 Å². The molecule has 0 saturated heterocycles. The third kappa shape index (κ3) is 3.42. The second kappa shape index (κ2) is 4.81. The van der Waals surface area contributed by atoms with E-state index < -0.39 is 0 Å². The van der Waals surface area contributed by atoms with Crippen LogP contribution in [0.3, 0.4) is 0 Å². The van der Waals surface area contributed by atoms with Gasteiger partial charge in [-0.15, -0.1) is 0 Å². The van der Waals surface area contributed by atoms with Crippen LogP contribution in [0.15, 0.2) is 22.9 Å². The molecule has 0 unspecified atom stereocenters. The maximum Gasteiger partial charge on any atom is 0.319 e. The molecular weight excluding hydrogens is 234 g/mol. The summed E-state index contributed by atoms with van der Waals surface area (Å²) in [7, 11) is 0. The lowest BCUT2D eigenvalue weighted by atomic mass is 10.4. The van der Waals surface area contributed by atoms with Gasteiger partial charge in [-0.3, -0.25) is 0 Å². The molecule has 0 fully saturated rings. The van der Waals surface area contributed by atoms with Crippen molar-refractivity contribution in [2.45, 2.75) is 6.92 Å².